The minimum atomic E-state index is 0.547. The zero-order chi connectivity index (χ0) is 11.2. The lowest BCUT2D eigenvalue weighted by Gasteiger charge is -2.31. The topological polar surface area (TPSA) is 0 Å². The fraction of sp³-hybridized carbons (Fsp3) is 1.00. The van der Waals surface area contributed by atoms with Gasteiger partial charge in [-0.15, -0.1) is 0 Å². The minimum Gasteiger partial charge on any atom is -0.0683 e. The molecule has 0 unspecified atom stereocenters. The standard InChI is InChI=1S/C12H24.C2H6/c1-10-5-7-11(8-6-10)9-12(2,3)4;1-2/h10-11H,5-9H2,1-4H3;1-2H3. The second-order valence-corrected chi connectivity index (χ2v) is 5.89. The third-order valence-corrected chi connectivity index (χ3v) is 3.04. The van der Waals surface area contributed by atoms with E-state index in [0.717, 1.165) is 11.8 Å². The molecule has 0 aromatic rings. The highest BCUT2D eigenvalue weighted by Gasteiger charge is 2.22. The van der Waals surface area contributed by atoms with Crippen LogP contribution in [0.15, 0.2) is 0 Å². The van der Waals surface area contributed by atoms with Crippen molar-refractivity contribution in [3.05, 3.63) is 0 Å². The zero-order valence-electron chi connectivity index (χ0n) is 11.2. The Morgan fingerprint density at radius 3 is 1.71 bits per heavy atom. The largest absolute Gasteiger partial charge is 0.0683 e. The highest BCUT2D eigenvalue weighted by Crippen LogP contribution is 2.35. The average Bonchev–Trinajstić information content (AvgIpc) is 2.10. The molecule has 0 heterocycles. The van der Waals surface area contributed by atoms with Crippen molar-refractivity contribution in [2.45, 2.75) is 73.6 Å². The molecule has 0 bridgehead atoms. The summed E-state index contributed by atoms with van der Waals surface area (Å²) in [6.07, 6.45) is 7.35. The van der Waals surface area contributed by atoms with Crippen LogP contribution in [0.25, 0.3) is 0 Å². The van der Waals surface area contributed by atoms with Crippen LogP contribution in [0.5, 0.6) is 0 Å². The molecule has 0 spiro atoms. The first-order valence-electron chi connectivity index (χ1n) is 6.47. The summed E-state index contributed by atoms with van der Waals surface area (Å²) in [6.45, 7) is 13.5. The van der Waals surface area contributed by atoms with Crippen LogP contribution in [-0.4, -0.2) is 0 Å². The lowest BCUT2D eigenvalue weighted by molar-refractivity contribution is 0.212. The van der Waals surface area contributed by atoms with Crippen LogP contribution in [0.3, 0.4) is 0 Å². The van der Waals surface area contributed by atoms with Crippen LogP contribution >= 0.6 is 0 Å². The Bertz CT molecular complexity index is 121. The average molecular weight is 198 g/mol. The van der Waals surface area contributed by atoms with Gasteiger partial charge in [0.15, 0.2) is 0 Å². The number of hydrogen-bond donors (Lipinski definition) is 0. The van der Waals surface area contributed by atoms with Crippen molar-refractivity contribution in [1.82, 2.24) is 0 Å². The van der Waals surface area contributed by atoms with Gasteiger partial charge in [0.05, 0.1) is 0 Å². The Kier molecular flexibility index (Phi) is 6.48. The molecule has 0 N–H and O–H groups in total. The van der Waals surface area contributed by atoms with Gasteiger partial charge < -0.3 is 0 Å². The summed E-state index contributed by atoms with van der Waals surface area (Å²) >= 11 is 0. The first kappa shape index (κ1) is 14.0. The van der Waals surface area contributed by atoms with E-state index in [2.05, 4.69) is 27.7 Å². The van der Waals surface area contributed by atoms with E-state index in [4.69, 9.17) is 0 Å². The van der Waals surface area contributed by atoms with Crippen molar-refractivity contribution < 1.29 is 0 Å². The van der Waals surface area contributed by atoms with E-state index in [1.807, 2.05) is 13.8 Å². The van der Waals surface area contributed by atoms with E-state index >= 15 is 0 Å². The van der Waals surface area contributed by atoms with Gasteiger partial charge in [-0.2, -0.15) is 0 Å². The van der Waals surface area contributed by atoms with Crippen LogP contribution in [0.4, 0.5) is 0 Å². The van der Waals surface area contributed by atoms with Crippen LogP contribution in [0.1, 0.15) is 73.6 Å². The molecule has 0 aromatic heterocycles. The smallest absolute Gasteiger partial charge is 0.0380 e. The second kappa shape index (κ2) is 6.48. The summed E-state index contributed by atoms with van der Waals surface area (Å²) in [5.74, 6) is 2.03. The van der Waals surface area contributed by atoms with Crippen molar-refractivity contribution in [3.8, 4) is 0 Å². The Hall–Kier alpha value is 0. The third-order valence-electron chi connectivity index (χ3n) is 3.04. The van der Waals surface area contributed by atoms with Gasteiger partial charge in [-0.25, -0.2) is 0 Å². The van der Waals surface area contributed by atoms with Gasteiger partial charge in [0.2, 0.25) is 0 Å². The number of hydrogen-bond acceptors (Lipinski definition) is 0. The van der Waals surface area contributed by atoms with Crippen molar-refractivity contribution >= 4 is 0 Å². The molecular formula is C14H30. The van der Waals surface area contributed by atoms with Gasteiger partial charge in [-0.3, -0.25) is 0 Å². The molecule has 1 aliphatic rings. The quantitative estimate of drug-likeness (QED) is 0.538. The molecule has 14 heavy (non-hydrogen) atoms. The van der Waals surface area contributed by atoms with Crippen molar-refractivity contribution in [2.24, 2.45) is 17.3 Å². The number of rotatable bonds is 1. The Morgan fingerprint density at radius 1 is 0.929 bits per heavy atom. The lowest BCUT2D eigenvalue weighted by Crippen LogP contribution is -2.18. The van der Waals surface area contributed by atoms with E-state index in [9.17, 15) is 0 Å². The summed E-state index contributed by atoms with van der Waals surface area (Å²) in [7, 11) is 0. The van der Waals surface area contributed by atoms with E-state index in [0.29, 0.717) is 5.41 Å². The highest BCUT2D eigenvalue weighted by atomic mass is 14.3. The van der Waals surface area contributed by atoms with E-state index < -0.39 is 0 Å². The molecule has 1 saturated carbocycles. The Morgan fingerprint density at radius 2 is 1.36 bits per heavy atom. The molecule has 0 atom stereocenters. The summed E-state index contributed by atoms with van der Waals surface area (Å²) in [5.41, 5.74) is 0.547. The molecule has 0 nitrogen and oxygen atoms in total. The van der Waals surface area contributed by atoms with E-state index in [1.54, 1.807) is 0 Å². The molecule has 1 aliphatic carbocycles. The highest BCUT2D eigenvalue weighted by molar-refractivity contribution is 4.74. The molecule has 86 valence electrons. The molecule has 0 radical (unpaired) electrons. The zero-order valence-corrected chi connectivity index (χ0v) is 11.2. The lowest BCUT2D eigenvalue weighted by atomic mass is 9.75. The van der Waals surface area contributed by atoms with Crippen LogP contribution < -0.4 is 0 Å². The van der Waals surface area contributed by atoms with Gasteiger partial charge in [-0.05, 0) is 23.7 Å². The summed E-state index contributed by atoms with van der Waals surface area (Å²) in [5, 5.41) is 0. The Labute approximate surface area is 91.5 Å². The molecule has 0 heteroatoms. The van der Waals surface area contributed by atoms with Crippen molar-refractivity contribution in [2.75, 3.05) is 0 Å². The van der Waals surface area contributed by atoms with Crippen molar-refractivity contribution in [1.29, 1.82) is 0 Å². The second-order valence-electron chi connectivity index (χ2n) is 5.89. The molecule has 0 saturated heterocycles. The van der Waals surface area contributed by atoms with Gasteiger partial charge in [0.25, 0.3) is 0 Å². The minimum absolute atomic E-state index is 0.547. The molecule has 1 fully saturated rings. The fourth-order valence-corrected chi connectivity index (χ4v) is 2.40. The summed E-state index contributed by atoms with van der Waals surface area (Å²) in [6, 6.07) is 0. The van der Waals surface area contributed by atoms with Crippen LogP contribution in [-0.2, 0) is 0 Å². The van der Waals surface area contributed by atoms with Gasteiger partial charge in [-0.1, -0.05) is 67.2 Å². The molecular weight excluding hydrogens is 168 g/mol. The maximum atomic E-state index is 2.40. The molecule has 0 amide bonds. The predicted octanol–water partition coefficient (Wildman–Crippen LogP) is 5.28. The maximum Gasteiger partial charge on any atom is -0.0380 e. The summed E-state index contributed by atoms with van der Waals surface area (Å²) in [4.78, 5) is 0. The first-order valence-corrected chi connectivity index (χ1v) is 6.47. The van der Waals surface area contributed by atoms with E-state index in [1.165, 1.54) is 32.1 Å². The van der Waals surface area contributed by atoms with Crippen LogP contribution in [0.2, 0.25) is 0 Å². The Balaban J connectivity index is 0.000000791. The van der Waals surface area contributed by atoms with E-state index in [-0.39, 0.29) is 0 Å². The third kappa shape index (κ3) is 6.45. The van der Waals surface area contributed by atoms with Crippen LogP contribution in [0, 0.1) is 17.3 Å². The van der Waals surface area contributed by atoms with Gasteiger partial charge >= 0.3 is 0 Å². The predicted molar refractivity (Wildman–Crippen MR) is 66.5 cm³/mol. The maximum absolute atomic E-state index is 2.40. The SMILES string of the molecule is CC.CC1CCC(CC(C)(C)C)CC1. The first-order chi connectivity index (χ1) is 6.47. The van der Waals surface area contributed by atoms with Gasteiger partial charge in [0, 0.05) is 0 Å². The van der Waals surface area contributed by atoms with Crippen molar-refractivity contribution in [3.63, 3.8) is 0 Å². The normalized spacial score (nSPS) is 27.9. The molecule has 1 rings (SSSR count). The molecule has 0 aliphatic heterocycles. The fourth-order valence-electron chi connectivity index (χ4n) is 2.40. The molecule has 0 aromatic carbocycles. The summed E-state index contributed by atoms with van der Waals surface area (Å²) < 4.78 is 0. The monoisotopic (exact) mass is 198 g/mol. The van der Waals surface area contributed by atoms with Gasteiger partial charge in [0.1, 0.15) is 0 Å².